The highest BCUT2D eigenvalue weighted by Crippen LogP contribution is 2.60. The number of carbonyl (C=O) groups is 2. The van der Waals surface area contributed by atoms with E-state index in [4.69, 9.17) is 9.47 Å². The fraction of sp³-hybridized carbons (Fsp3) is 0.349. The van der Waals surface area contributed by atoms with Crippen molar-refractivity contribution in [1.82, 2.24) is 15.0 Å². The normalized spacial score (nSPS) is 21.2. The number of amides is 2. The van der Waals surface area contributed by atoms with Gasteiger partial charge in [-0.15, -0.1) is 5.10 Å². The van der Waals surface area contributed by atoms with E-state index in [0.29, 0.717) is 35.6 Å². The Morgan fingerprint density at radius 3 is 2.41 bits per heavy atom. The van der Waals surface area contributed by atoms with Crippen molar-refractivity contribution in [2.75, 3.05) is 23.9 Å². The second kappa shape index (κ2) is 16.3. The highest BCUT2D eigenvalue weighted by molar-refractivity contribution is 6.91. The number of fused-ring (bicyclic) bond motifs is 2. The van der Waals surface area contributed by atoms with E-state index >= 15 is 4.79 Å². The number of hydrogen-bond donors (Lipinski definition) is 3. The minimum atomic E-state index is -2.53. The third kappa shape index (κ3) is 7.41. The number of non-ortho nitro benzene ring substituents is 1. The lowest BCUT2D eigenvalue weighted by Crippen LogP contribution is -2.51. The van der Waals surface area contributed by atoms with Crippen LogP contribution in [-0.2, 0) is 33.0 Å². The van der Waals surface area contributed by atoms with Crippen LogP contribution in [0.1, 0.15) is 48.6 Å². The van der Waals surface area contributed by atoms with E-state index in [-0.39, 0.29) is 36.2 Å². The molecule has 1 aromatic heterocycles. The molecule has 3 N–H and O–H groups in total. The summed E-state index contributed by atoms with van der Waals surface area (Å²) in [5.74, 6) is -0.851. The lowest BCUT2D eigenvalue weighted by Gasteiger charge is -2.37. The van der Waals surface area contributed by atoms with Gasteiger partial charge in [0.2, 0.25) is 0 Å². The van der Waals surface area contributed by atoms with E-state index in [2.05, 4.69) is 40.9 Å². The molecule has 0 saturated carbocycles. The van der Waals surface area contributed by atoms with Crippen molar-refractivity contribution in [2.45, 2.75) is 75.7 Å². The molecule has 7 rings (SSSR count). The second-order valence-electron chi connectivity index (χ2n) is 15.7. The SMILES string of the molecule is COc1ccc([Si](C)(C)[C@@H]2[C@@H](CCn3cc(C(CO)c4ccccc4)nn3)O[C@]3(C(=O)N(Cc4ccc(NC(=O)[C@H](C)O)cc4)c4ccc([N+](=O)[O-])cc43)[C@H]2C)cc1. The Kier molecular flexibility index (Phi) is 11.3. The molecule has 2 aliphatic rings. The summed E-state index contributed by atoms with van der Waals surface area (Å²) in [5.41, 5.74) is 2.01. The van der Waals surface area contributed by atoms with Crippen LogP contribution in [0.4, 0.5) is 17.1 Å². The van der Waals surface area contributed by atoms with Crippen molar-refractivity contribution in [3.63, 3.8) is 0 Å². The van der Waals surface area contributed by atoms with Gasteiger partial charge in [0.05, 0.1) is 56.7 Å². The van der Waals surface area contributed by atoms with Crippen LogP contribution in [0, 0.1) is 16.0 Å². The van der Waals surface area contributed by atoms with Crippen LogP contribution in [0.2, 0.25) is 18.6 Å². The molecular weight excluding hydrogens is 757 g/mol. The van der Waals surface area contributed by atoms with Crippen molar-refractivity contribution in [2.24, 2.45) is 5.92 Å². The van der Waals surface area contributed by atoms with E-state index < -0.39 is 42.6 Å². The molecule has 1 fully saturated rings. The number of nitrogens with one attached hydrogen (secondary N) is 1. The number of hydrogen-bond acceptors (Lipinski definition) is 10. The zero-order valence-electron chi connectivity index (χ0n) is 33.1. The topological polar surface area (TPSA) is 182 Å². The number of anilines is 2. The monoisotopic (exact) mass is 804 g/mol. The molecule has 1 saturated heterocycles. The average Bonchev–Trinajstić information content (AvgIpc) is 3.88. The Morgan fingerprint density at radius 1 is 1.07 bits per heavy atom. The van der Waals surface area contributed by atoms with Gasteiger partial charge in [-0.3, -0.25) is 24.4 Å². The van der Waals surface area contributed by atoms with Crippen LogP contribution in [0.5, 0.6) is 5.75 Å². The van der Waals surface area contributed by atoms with E-state index in [1.807, 2.05) is 55.6 Å². The number of rotatable bonds is 14. The zero-order valence-corrected chi connectivity index (χ0v) is 34.1. The van der Waals surface area contributed by atoms with Crippen molar-refractivity contribution >= 4 is 42.1 Å². The number of benzene rings is 4. The Hall–Kier alpha value is -5.74. The maximum absolute atomic E-state index is 15.2. The van der Waals surface area contributed by atoms with Crippen LogP contribution in [0.3, 0.4) is 0 Å². The van der Waals surface area contributed by atoms with Crippen molar-refractivity contribution in [3.05, 3.63) is 136 Å². The fourth-order valence-corrected chi connectivity index (χ4v) is 12.9. The van der Waals surface area contributed by atoms with E-state index in [9.17, 15) is 25.1 Å². The lowest BCUT2D eigenvalue weighted by atomic mass is 9.82. The number of aliphatic hydroxyl groups excluding tert-OH is 2. The maximum atomic E-state index is 15.2. The standard InChI is InChI=1S/C43H48N6O8Si/c1-27-40(58(4,5)34-18-16-33(56-3)17-19-34)39(21-22-47-25-37(45-46-47)35(26-50)30-9-7-6-8-10-30)57-43(27)36-23-32(49(54)55)15-20-38(36)48(42(43)53)24-29-11-13-31(14-12-29)44-41(52)28(2)51/h6-20,23,25,27-28,35,39-40,50-51H,21-22,24,26H2,1-5H3,(H,44,52)/t27-,28-,35?,39+,40-,43+/m0/s1. The average molecular weight is 805 g/mol. The van der Waals surface area contributed by atoms with Gasteiger partial charge in [-0.25, -0.2) is 0 Å². The van der Waals surface area contributed by atoms with Gasteiger partial charge >= 0.3 is 0 Å². The zero-order chi connectivity index (χ0) is 41.4. The summed E-state index contributed by atoms with van der Waals surface area (Å²) in [6, 6.07) is 29.2. The Morgan fingerprint density at radius 2 is 1.78 bits per heavy atom. The molecule has 6 atom stereocenters. The van der Waals surface area contributed by atoms with Crippen molar-refractivity contribution in [3.8, 4) is 5.75 Å². The van der Waals surface area contributed by atoms with Gasteiger partial charge in [-0.2, -0.15) is 0 Å². The molecule has 58 heavy (non-hydrogen) atoms. The van der Waals surface area contributed by atoms with Crippen molar-refractivity contribution in [1.29, 1.82) is 0 Å². The Labute approximate surface area is 337 Å². The third-order valence-electron chi connectivity index (χ3n) is 11.9. The number of methoxy groups -OCH3 is 1. The second-order valence-corrected chi connectivity index (χ2v) is 20.4. The van der Waals surface area contributed by atoms with Crippen LogP contribution in [0.25, 0.3) is 0 Å². The van der Waals surface area contributed by atoms with Crippen molar-refractivity contribution < 1.29 is 34.2 Å². The minimum Gasteiger partial charge on any atom is -0.497 e. The molecular formula is C43H48N6O8Si. The van der Waals surface area contributed by atoms with Gasteiger partial charge < -0.3 is 29.9 Å². The lowest BCUT2D eigenvalue weighted by molar-refractivity contribution is -0.385. The van der Waals surface area contributed by atoms with E-state index in [1.54, 1.807) is 47.0 Å². The molecule has 3 heterocycles. The molecule has 2 amide bonds. The van der Waals surface area contributed by atoms with E-state index in [1.165, 1.54) is 19.1 Å². The number of nitro benzene ring substituents is 1. The molecule has 1 spiro atoms. The highest BCUT2D eigenvalue weighted by Gasteiger charge is 2.66. The van der Waals surface area contributed by atoms with Crippen LogP contribution in [-0.4, -0.2) is 75.9 Å². The Balaban J connectivity index is 1.25. The molecule has 2 aliphatic heterocycles. The first-order valence-electron chi connectivity index (χ1n) is 19.4. The molecule has 4 aromatic carbocycles. The first-order chi connectivity index (χ1) is 27.8. The van der Waals surface area contributed by atoms with Gasteiger partial charge in [-0.1, -0.05) is 85.0 Å². The van der Waals surface area contributed by atoms with E-state index in [0.717, 1.165) is 22.1 Å². The first kappa shape index (κ1) is 40.5. The van der Waals surface area contributed by atoms with Gasteiger partial charge in [-0.05, 0) is 60.3 Å². The van der Waals surface area contributed by atoms with Gasteiger partial charge in [0.1, 0.15) is 11.9 Å². The number of carbonyl (C=O) groups excluding carboxylic acids is 2. The van der Waals surface area contributed by atoms with Gasteiger partial charge in [0.15, 0.2) is 5.60 Å². The molecule has 0 bridgehead atoms. The Bertz CT molecular complexity index is 2280. The summed E-state index contributed by atoms with van der Waals surface area (Å²) in [7, 11) is -0.903. The summed E-state index contributed by atoms with van der Waals surface area (Å²) in [5, 5.41) is 44.8. The molecule has 0 radical (unpaired) electrons. The minimum absolute atomic E-state index is 0.133. The predicted octanol–water partition coefficient (Wildman–Crippen LogP) is 5.49. The summed E-state index contributed by atoms with van der Waals surface area (Å²) in [6.45, 7) is 8.39. The summed E-state index contributed by atoms with van der Waals surface area (Å²) in [6.07, 6.45) is 0.676. The number of aliphatic hydroxyl groups is 2. The molecule has 5 aromatic rings. The fourth-order valence-electron chi connectivity index (χ4n) is 8.86. The molecule has 15 heteroatoms. The number of aryl methyl sites for hydroxylation is 1. The molecule has 302 valence electrons. The summed E-state index contributed by atoms with van der Waals surface area (Å²) >= 11 is 0. The highest BCUT2D eigenvalue weighted by atomic mass is 28.3. The summed E-state index contributed by atoms with van der Waals surface area (Å²) < 4.78 is 14.4. The molecule has 14 nitrogen and oxygen atoms in total. The first-order valence-corrected chi connectivity index (χ1v) is 22.4. The summed E-state index contributed by atoms with van der Waals surface area (Å²) in [4.78, 5) is 40.7. The van der Waals surface area contributed by atoms with Gasteiger partial charge in [0, 0.05) is 42.0 Å². The van der Waals surface area contributed by atoms with Crippen LogP contribution in [0.15, 0.2) is 103 Å². The predicted molar refractivity (Wildman–Crippen MR) is 221 cm³/mol. The smallest absolute Gasteiger partial charge is 0.269 e. The molecule has 1 unspecified atom stereocenters. The van der Waals surface area contributed by atoms with Crippen LogP contribution < -0.4 is 20.1 Å². The number of nitrogens with zero attached hydrogens (tertiary/aromatic N) is 5. The quantitative estimate of drug-likeness (QED) is 0.0738. The van der Waals surface area contributed by atoms with Crippen LogP contribution >= 0.6 is 0 Å². The largest absolute Gasteiger partial charge is 0.497 e. The number of aromatic nitrogens is 3. The molecule has 0 aliphatic carbocycles. The van der Waals surface area contributed by atoms with Gasteiger partial charge in [0.25, 0.3) is 17.5 Å². The number of nitro groups is 1. The maximum Gasteiger partial charge on any atom is 0.269 e. The third-order valence-corrected chi connectivity index (χ3v) is 16.3. The number of ether oxygens (including phenoxy) is 2.